The number of nitrogens with zero attached hydrogens (tertiary/aromatic N) is 4. The van der Waals surface area contributed by atoms with Crippen molar-refractivity contribution in [3.63, 3.8) is 0 Å². The predicted octanol–water partition coefficient (Wildman–Crippen LogP) is 3.55. The SMILES string of the molecule is O=C(CCc1ccc(OC(F)(F)F)cc1)N1CCC2(CC1)CN(C(=O)c1ccc3n[nH]nc3c1)C2. The number of carbonyl (C=O) groups excluding carboxylic acids is 2. The number of carbonyl (C=O) groups is 2. The Bertz CT molecular complexity index is 1230. The maximum atomic E-state index is 12.8. The van der Waals surface area contributed by atoms with Crippen LogP contribution in [-0.2, 0) is 11.2 Å². The number of likely N-dealkylation sites (tertiary alicyclic amines) is 2. The third-order valence-electron chi connectivity index (χ3n) is 6.86. The van der Waals surface area contributed by atoms with Gasteiger partial charge in [-0.15, -0.1) is 13.2 Å². The molecule has 3 aromatic rings. The van der Waals surface area contributed by atoms with E-state index >= 15 is 0 Å². The Morgan fingerprint density at radius 1 is 0.971 bits per heavy atom. The van der Waals surface area contributed by atoms with Crippen LogP contribution in [0.4, 0.5) is 13.2 Å². The highest BCUT2D eigenvalue weighted by atomic mass is 19.4. The molecular weight excluding hydrogens is 463 g/mol. The van der Waals surface area contributed by atoms with Gasteiger partial charge in [0.05, 0.1) is 0 Å². The summed E-state index contributed by atoms with van der Waals surface area (Å²) in [5.41, 5.74) is 2.79. The molecule has 1 aromatic heterocycles. The second kappa shape index (κ2) is 8.86. The lowest BCUT2D eigenvalue weighted by Gasteiger charge is -2.54. The molecule has 2 fully saturated rings. The molecule has 3 heterocycles. The number of rotatable bonds is 5. The molecule has 0 atom stereocenters. The van der Waals surface area contributed by atoms with E-state index in [-0.39, 0.29) is 23.0 Å². The molecule has 35 heavy (non-hydrogen) atoms. The van der Waals surface area contributed by atoms with Crippen LogP contribution in [0, 0.1) is 5.41 Å². The Balaban J connectivity index is 1.07. The van der Waals surface area contributed by atoms with Crippen LogP contribution in [0.5, 0.6) is 5.75 Å². The van der Waals surface area contributed by atoms with Gasteiger partial charge in [-0.3, -0.25) is 9.59 Å². The molecule has 2 aliphatic heterocycles. The first-order valence-electron chi connectivity index (χ1n) is 11.4. The van der Waals surface area contributed by atoms with E-state index in [9.17, 15) is 22.8 Å². The van der Waals surface area contributed by atoms with Crippen LogP contribution < -0.4 is 4.74 Å². The van der Waals surface area contributed by atoms with Crippen molar-refractivity contribution in [1.82, 2.24) is 25.2 Å². The number of nitrogens with one attached hydrogen (secondary N) is 1. The molecule has 184 valence electrons. The van der Waals surface area contributed by atoms with E-state index in [0.29, 0.717) is 55.6 Å². The number of aromatic amines is 1. The number of ether oxygens (including phenoxy) is 1. The van der Waals surface area contributed by atoms with Gasteiger partial charge < -0.3 is 14.5 Å². The highest BCUT2D eigenvalue weighted by Gasteiger charge is 2.47. The average molecular weight is 487 g/mol. The Kier molecular flexibility index (Phi) is 5.86. The van der Waals surface area contributed by atoms with E-state index in [2.05, 4.69) is 20.1 Å². The highest BCUT2D eigenvalue weighted by molar-refractivity contribution is 5.97. The van der Waals surface area contributed by atoms with Crippen molar-refractivity contribution < 1.29 is 27.5 Å². The zero-order valence-corrected chi connectivity index (χ0v) is 18.8. The summed E-state index contributed by atoms with van der Waals surface area (Å²) in [6.07, 6.45) is -2.30. The van der Waals surface area contributed by atoms with E-state index in [1.54, 1.807) is 30.3 Å². The summed E-state index contributed by atoms with van der Waals surface area (Å²) in [5.74, 6) is -0.269. The molecule has 2 saturated heterocycles. The molecule has 11 heteroatoms. The summed E-state index contributed by atoms with van der Waals surface area (Å²) in [5, 5.41) is 10.6. The topological polar surface area (TPSA) is 91.4 Å². The number of alkyl halides is 3. The van der Waals surface area contributed by atoms with Gasteiger partial charge in [0.15, 0.2) is 0 Å². The number of hydrogen-bond donors (Lipinski definition) is 1. The van der Waals surface area contributed by atoms with Gasteiger partial charge in [-0.1, -0.05) is 12.1 Å². The molecule has 0 bridgehead atoms. The van der Waals surface area contributed by atoms with Crippen molar-refractivity contribution in [3.8, 4) is 5.75 Å². The van der Waals surface area contributed by atoms with Crippen LogP contribution in [0.15, 0.2) is 42.5 Å². The number of hydrogen-bond acceptors (Lipinski definition) is 5. The van der Waals surface area contributed by atoms with Crippen LogP contribution in [0.3, 0.4) is 0 Å². The van der Waals surface area contributed by atoms with Crippen LogP contribution in [0.25, 0.3) is 11.0 Å². The van der Waals surface area contributed by atoms with Crippen molar-refractivity contribution in [3.05, 3.63) is 53.6 Å². The van der Waals surface area contributed by atoms with Gasteiger partial charge in [-0.25, -0.2) is 0 Å². The standard InChI is InChI=1S/C24H24F3N5O3/c25-24(26,27)35-18-5-1-16(2-6-18)3-8-21(33)31-11-9-23(10-12-31)14-32(15-23)22(34)17-4-7-19-20(13-17)29-30-28-19/h1-2,4-7,13H,3,8-12,14-15H2,(H,28,29,30). The van der Waals surface area contributed by atoms with Crippen LogP contribution >= 0.6 is 0 Å². The molecule has 2 aliphatic rings. The number of halogens is 3. The number of aryl methyl sites for hydroxylation is 1. The molecule has 0 saturated carbocycles. The van der Waals surface area contributed by atoms with Crippen molar-refractivity contribution in [1.29, 1.82) is 0 Å². The zero-order chi connectivity index (χ0) is 24.6. The molecule has 2 aromatic carbocycles. The minimum Gasteiger partial charge on any atom is -0.406 e. The number of amides is 2. The van der Waals surface area contributed by atoms with Gasteiger partial charge in [-0.05, 0) is 55.2 Å². The smallest absolute Gasteiger partial charge is 0.406 e. The molecule has 2 amide bonds. The predicted molar refractivity (Wildman–Crippen MR) is 119 cm³/mol. The Labute approximate surface area is 199 Å². The number of benzene rings is 2. The third kappa shape index (κ3) is 5.08. The van der Waals surface area contributed by atoms with Crippen LogP contribution in [0.1, 0.15) is 35.2 Å². The normalized spacial score (nSPS) is 17.5. The largest absolute Gasteiger partial charge is 0.573 e. The lowest BCUT2D eigenvalue weighted by molar-refractivity contribution is -0.274. The quantitative estimate of drug-likeness (QED) is 0.594. The number of fused-ring (bicyclic) bond motifs is 1. The van der Waals surface area contributed by atoms with Crippen molar-refractivity contribution in [2.45, 2.75) is 32.0 Å². The van der Waals surface area contributed by atoms with Gasteiger partial charge in [0.1, 0.15) is 16.8 Å². The first-order chi connectivity index (χ1) is 16.7. The van der Waals surface area contributed by atoms with E-state index in [0.717, 1.165) is 18.4 Å². The molecule has 1 N–H and O–H groups in total. The third-order valence-corrected chi connectivity index (χ3v) is 6.86. The Morgan fingerprint density at radius 3 is 2.34 bits per heavy atom. The van der Waals surface area contributed by atoms with Gasteiger partial charge in [-0.2, -0.15) is 15.4 Å². The maximum Gasteiger partial charge on any atom is 0.573 e. The van der Waals surface area contributed by atoms with Crippen molar-refractivity contribution in [2.24, 2.45) is 5.41 Å². The van der Waals surface area contributed by atoms with Crippen LogP contribution in [-0.4, -0.2) is 69.6 Å². The summed E-state index contributed by atoms with van der Waals surface area (Å²) in [4.78, 5) is 29.2. The summed E-state index contributed by atoms with van der Waals surface area (Å²) >= 11 is 0. The van der Waals surface area contributed by atoms with Gasteiger partial charge in [0.25, 0.3) is 5.91 Å². The Hall–Kier alpha value is -3.63. The fourth-order valence-corrected chi connectivity index (χ4v) is 4.88. The van der Waals surface area contributed by atoms with E-state index in [4.69, 9.17) is 0 Å². The van der Waals surface area contributed by atoms with E-state index < -0.39 is 6.36 Å². The minimum absolute atomic E-state index is 0.0225. The maximum absolute atomic E-state index is 12.8. The zero-order valence-electron chi connectivity index (χ0n) is 18.8. The molecule has 0 unspecified atom stereocenters. The monoisotopic (exact) mass is 487 g/mol. The lowest BCUT2D eigenvalue weighted by atomic mass is 9.71. The van der Waals surface area contributed by atoms with E-state index in [1.807, 2.05) is 9.80 Å². The number of H-pyrrole nitrogens is 1. The summed E-state index contributed by atoms with van der Waals surface area (Å²) in [7, 11) is 0. The fourth-order valence-electron chi connectivity index (χ4n) is 4.88. The molecule has 8 nitrogen and oxygen atoms in total. The van der Waals surface area contributed by atoms with E-state index in [1.165, 1.54) is 12.1 Å². The molecule has 5 rings (SSSR count). The number of piperidine rings is 1. The van der Waals surface area contributed by atoms with Crippen molar-refractivity contribution in [2.75, 3.05) is 26.2 Å². The summed E-state index contributed by atoms with van der Waals surface area (Å²) < 4.78 is 40.7. The van der Waals surface area contributed by atoms with Gasteiger partial charge in [0.2, 0.25) is 5.91 Å². The van der Waals surface area contributed by atoms with Crippen molar-refractivity contribution >= 4 is 22.8 Å². The summed E-state index contributed by atoms with van der Waals surface area (Å²) in [6.45, 7) is 2.64. The Morgan fingerprint density at radius 2 is 1.66 bits per heavy atom. The minimum atomic E-state index is -4.72. The molecule has 0 radical (unpaired) electrons. The second-order valence-electron chi connectivity index (χ2n) is 9.26. The first-order valence-corrected chi connectivity index (χ1v) is 11.4. The van der Waals surface area contributed by atoms with Crippen LogP contribution in [0.2, 0.25) is 0 Å². The molecule has 1 spiro atoms. The first kappa shape index (κ1) is 23.1. The lowest BCUT2D eigenvalue weighted by Crippen LogP contribution is -2.62. The highest BCUT2D eigenvalue weighted by Crippen LogP contribution is 2.41. The molecule has 0 aliphatic carbocycles. The van der Waals surface area contributed by atoms with Gasteiger partial charge >= 0.3 is 6.36 Å². The van der Waals surface area contributed by atoms with Gasteiger partial charge in [0, 0.05) is 43.6 Å². The molecular formula is C24H24F3N5O3. The summed E-state index contributed by atoms with van der Waals surface area (Å²) in [6, 6.07) is 10.9. The fraction of sp³-hybridized carbons (Fsp3) is 0.417. The number of aromatic nitrogens is 3. The second-order valence-corrected chi connectivity index (χ2v) is 9.26. The average Bonchev–Trinajstić information content (AvgIpc) is 3.28.